The number of fused-ring (bicyclic) bond motifs is 5. The number of carboxylic acids is 1. The third-order valence-electron chi connectivity index (χ3n) is 12.4. The zero-order valence-electron chi connectivity index (χ0n) is 23.7. The SMILES string of the molecule is C[C@H](CCC(=O)[O-])[C@H]1CC[C@H]2[C@@H]3[C@H](O)C[C@@H]4C[C@H](O[C@@H]5O[C@H](CO)[C@@H](O)[C@H](O)[C@H]5O)CC[C@]4(C)[C@H]3CC[C@]12C. The first-order valence-corrected chi connectivity index (χ1v) is 15.2. The van der Waals surface area contributed by atoms with E-state index in [1.54, 1.807) is 0 Å². The maximum Gasteiger partial charge on any atom is 0.186 e. The number of carboxylic acid groups (broad SMARTS) is 1. The Morgan fingerprint density at radius 3 is 2.36 bits per heavy atom. The smallest absolute Gasteiger partial charge is 0.186 e. The molecule has 5 N–H and O–H groups in total. The van der Waals surface area contributed by atoms with E-state index in [9.17, 15) is 35.4 Å². The molecule has 0 aromatic heterocycles. The normalized spacial score (nSPS) is 52.4. The lowest BCUT2D eigenvalue weighted by Crippen LogP contribution is -2.61. The molecule has 4 saturated carbocycles. The number of hydrogen-bond donors (Lipinski definition) is 5. The minimum Gasteiger partial charge on any atom is -0.550 e. The van der Waals surface area contributed by atoms with Crippen molar-refractivity contribution >= 4 is 5.97 Å². The molecule has 0 aromatic rings. The molecule has 1 saturated heterocycles. The number of aliphatic hydroxyl groups excluding tert-OH is 5. The van der Waals surface area contributed by atoms with Gasteiger partial charge in [-0.3, -0.25) is 0 Å². The van der Waals surface area contributed by atoms with Gasteiger partial charge in [-0.05, 0) is 111 Å². The second-order valence-corrected chi connectivity index (χ2v) is 14.1. The van der Waals surface area contributed by atoms with Crippen molar-refractivity contribution in [2.24, 2.45) is 46.3 Å². The molecule has 0 amide bonds. The van der Waals surface area contributed by atoms with E-state index in [4.69, 9.17) is 9.47 Å². The third-order valence-corrected chi connectivity index (χ3v) is 12.4. The summed E-state index contributed by atoms with van der Waals surface area (Å²) in [7, 11) is 0. The van der Waals surface area contributed by atoms with Crippen LogP contribution in [0.1, 0.15) is 85.0 Å². The van der Waals surface area contributed by atoms with E-state index in [1.807, 2.05) is 0 Å². The summed E-state index contributed by atoms with van der Waals surface area (Å²) >= 11 is 0. The van der Waals surface area contributed by atoms with Crippen LogP contribution in [0, 0.1) is 46.3 Å². The molecule has 15 atom stereocenters. The van der Waals surface area contributed by atoms with Gasteiger partial charge in [0.25, 0.3) is 0 Å². The highest BCUT2D eigenvalue weighted by atomic mass is 16.7. The maximum absolute atomic E-state index is 11.6. The molecule has 9 nitrogen and oxygen atoms in total. The topological polar surface area (TPSA) is 160 Å². The first kappa shape index (κ1) is 29.7. The summed E-state index contributed by atoms with van der Waals surface area (Å²) in [5, 5.41) is 62.9. The number of carbonyl (C=O) groups excluding carboxylic acids is 1. The Balaban J connectivity index is 1.26. The van der Waals surface area contributed by atoms with E-state index >= 15 is 0 Å². The Morgan fingerprint density at radius 1 is 0.974 bits per heavy atom. The van der Waals surface area contributed by atoms with Crippen LogP contribution in [0.4, 0.5) is 0 Å². The van der Waals surface area contributed by atoms with Crippen molar-refractivity contribution in [3.63, 3.8) is 0 Å². The van der Waals surface area contributed by atoms with E-state index in [0.29, 0.717) is 36.5 Å². The van der Waals surface area contributed by atoms with Crippen LogP contribution >= 0.6 is 0 Å². The highest BCUT2D eigenvalue weighted by molar-refractivity contribution is 5.64. The van der Waals surface area contributed by atoms with Gasteiger partial charge in [-0.15, -0.1) is 0 Å². The average Bonchev–Trinajstić information content (AvgIpc) is 3.25. The fourth-order valence-corrected chi connectivity index (χ4v) is 10.2. The summed E-state index contributed by atoms with van der Waals surface area (Å²) < 4.78 is 11.7. The number of ether oxygens (including phenoxy) is 2. The zero-order valence-corrected chi connectivity index (χ0v) is 23.7. The number of aliphatic hydroxyl groups is 5. The Labute approximate surface area is 231 Å². The first-order chi connectivity index (χ1) is 18.4. The van der Waals surface area contributed by atoms with Gasteiger partial charge in [0.1, 0.15) is 24.4 Å². The predicted octanol–water partition coefficient (Wildman–Crippen LogP) is 0.967. The lowest BCUT2D eigenvalue weighted by molar-refractivity contribution is -0.317. The standard InChI is InChI=1S/C30H50O9/c1-15(4-7-23(33)34)18-5-6-19-24-20(9-11-30(18,19)3)29(2)10-8-17(12-16(29)13-21(24)32)38-28-27(37)26(36)25(35)22(14-31)39-28/h15-22,24-28,31-32,35-37H,4-14H2,1-3H3,(H,33,34)/p-1/t15-,16+,17-,18-,19+,20+,21-,22-,24+,25-,26+,27-,28-,29+,30-/m1/s1. The summed E-state index contributed by atoms with van der Waals surface area (Å²) in [5.41, 5.74) is 0.208. The van der Waals surface area contributed by atoms with Gasteiger partial charge in [0, 0.05) is 5.97 Å². The maximum atomic E-state index is 11.6. The molecule has 0 bridgehead atoms. The molecule has 0 aromatic carbocycles. The second kappa shape index (κ2) is 11.1. The van der Waals surface area contributed by atoms with Crippen molar-refractivity contribution in [2.45, 2.75) is 128 Å². The Bertz CT molecular complexity index is 882. The summed E-state index contributed by atoms with van der Waals surface area (Å²) in [6.45, 7) is 6.50. The lowest BCUT2D eigenvalue weighted by Gasteiger charge is -2.62. The minimum atomic E-state index is -1.46. The molecular formula is C30H49O9-. The van der Waals surface area contributed by atoms with Crippen molar-refractivity contribution < 1.29 is 44.9 Å². The fourth-order valence-electron chi connectivity index (χ4n) is 10.2. The highest BCUT2D eigenvalue weighted by Gasteiger charge is 2.63. The van der Waals surface area contributed by atoms with Gasteiger partial charge in [-0.25, -0.2) is 0 Å². The van der Waals surface area contributed by atoms with Crippen LogP contribution in [0.5, 0.6) is 0 Å². The van der Waals surface area contributed by atoms with Crippen LogP contribution in [0.25, 0.3) is 0 Å². The third kappa shape index (κ3) is 5.08. The van der Waals surface area contributed by atoms with Crippen LogP contribution in [0.15, 0.2) is 0 Å². The zero-order chi connectivity index (χ0) is 28.3. The molecule has 5 rings (SSSR count). The van der Waals surface area contributed by atoms with Gasteiger partial charge in [-0.2, -0.15) is 0 Å². The van der Waals surface area contributed by atoms with Crippen molar-refractivity contribution in [3.05, 3.63) is 0 Å². The number of aliphatic carboxylic acids is 1. The quantitative estimate of drug-likeness (QED) is 0.290. The Morgan fingerprint density at radius 2 is 1.67 bits per heavy atom. The van der Waals surface area contributed by atoms with Crippen LogP contribution in [0.3, 0.4) is 0 Å². The molecule has 1 aliphatic heterocycles. The lowest BCUT2D eigenvalue weighted by atomic mass is 9.43. The molecule has 0 spiro atoms. The summed E-state index contributed by atoms with van der Waals surface area (Å²) in [5.74, 6) is 1.22. The molecule has 1 heterocycles. The number of rotatable bonds is 7. The first-order valence-electron chi connectivity index (χ1n) is 15.2. The highest BCUT2D eigenvalue weighted by Crippen LogP contribution is 2.68. The molecule has 5 aliphatic rings. The van der Waals surface area contributed by atoms with Gasteiger partial charge >= 0.3 is 0 Å². The van der Waals surface area contributed by atoms with Gasteiger partial charge in [0.2, 0.25) is 0 Å². The molecule has 4 aliphatic carbocycles. The van der Waals surface area contributed by atoms with Gasteiger partial charge in [0.15, 0.2) is 6.29 Å². The molecule has 224 valence electrons. The summed E-state index contributed by atoms with van der Waals surface area (Å²) in [6, 6.07) is 0. The van der Waals surface area contributed by atoms with Crippen LogP contribution in [-0.4, -0.2) is 81.0 Å². The number of carbonyl (C=O) groups is 1. The summed E-state index contributed by atoms with van der Waals surface area (Å²) in [4.78, 5) is 11.1. The van der Waals surface area contributed by atoms with Crippen molar-refractivity contribution in [1.82, 2.24) is 0 Å². The molecule has 0 radical (unpaired) electrons. The average molecular weight is 554 g/mol. The van der Waals surface area contributed by atoms with E-state index < -0.39 is 43.3 Å². The summed E-state index contributed by atoms with van der Waals surface area (Å²) in [6.07, 6.45) is 1.34. The van der Waals surface area contributed by atoms with Crippen molar-refractivity contribution in [2.75, 3.05) is 6.61 Å². The van der Waals surface area contributed by atoms with Crippen LogP contribution in [-0.2, 0) is 14.3 Å². The van der Waals surface area contributed by atoms with Crippen LogP contribution < -0.4 is 5.11 Å². The van der Waals surface area contributed by atoms with Crippen LogP contribution in [0.2, 0.25) is 0 Å². The molecule has 39 heavy (non-hydrogen) atoms. The van der Waals surface area contributed by atoms with Gasteiger partial charge in [-0.1, -0.05) is 20.8 Å². The Hall–Kier alpha value is -0.810. The molecular weight excluding hydrogens is 504 g/mol. The minimum absolute atomic E-state index is 0.0825. The van der Waals surface area contributed by atoms with Gasteiger partial charge < -0.3 is 44.9 Å². The van der Waals surface area contributed by atoms with Crippen molar-refractivity contribution in [3.8, 4) is 0 Å². The molecule has 9 heteroatoms. The second-order valence-electron chi connectivity index (χ2n) is 14.1. The fraction of sp³-hybridized carbons (Fsp3) is 0.967. The van der Waals surface area contributed by atoms with E-state index in [0.717, 1.165) is 44.9 Å². The number of hydrogen-bond acceptors (Lipinski definition) is 9. The molecule has 0 unspecified atom stereocenters. The van der Waals surface area contributed by atoms with Crippen molar-refractivity contribution in [1.29, 1.82) is 0 Å². The molecule has 5 fully saturated rings. The monoisotopic (exact) mass is 553 g/mol. The van der Waals surface area contributed by atoms with E-state index in [2.05, 4.69) is 20.8 Å². The largest absolute Gasteiger partial charge is 0.550 e. The van der Waals surface area contributed by atoms with E-state index in [-0.39, 0.29) is 41.3 Å². The van der Waals surface area contributed by atoms with Gasteiger partial charge in [0.05, 0.1) is 18.8 Å². The Kier molecular flexibility index (Phi) is 8.46. The predicted molar refractivity (Wildman–Crippen MR) is 139 cm³/mol. The van der Waals surface area contributed by atoms with E-state index in [1.165, 1.54) is 0 Å².